The summed E-state index contributed by atoms with van der Waals surface area (Å²) in [6, 6.07) is 0. The molecule has 4 nitrogen and oxygen atoms in total. The maximum Gasteiger partial charge on any atom is 0.234 e. The molecule has 0 saturated heterocycles. The fraction of sp³-hybridized carbons (Fsp3) is 1.00. The van der Waals surface area contributed by atoms with E-state index in [-0.39, 0.29) is 10.8 Å². The molecule has 0 aliphatic carbocycles. The molecular formula is C22H46O4. The van der Waals surface area contributed by atoms with E-state index < -0.39 is 17.0 Å². The second-order valence-electron chi connectivity index (χ2n) is 10.6. The summed E-state index contributed by atoms with van der Waals surface area (Å²) in [4.78, 5) is 24.0. The van der Waals surface area contributed by atoms with E-state index in [1.165, 1.54) is 0 Å². The molecule has 0 rings (SSSR count). The minimum atomic E-state index is -0.893. The summed E-state index contributed by atoms with van der Waals surface area (Å²) in [5, 5.41) is 0. The highest BCUT2D eigenvalue weighted by molar-refractivity contribution is 4.84. The van der Waals surface area contributed by atoms with Crippen LogP contribution in [0.1, 0.15) is 115 Å². The summed E-state index contributed by atoms with van der Waals surface area (Å²) in [5.41, 5.74) is -1.05. The van der Waals surface area contributed by atoms with E-state index in [0.29, 0.717) is 6.42 Å². The van der Waals surface area contributed by atoms with E-state index in [9.17, 15) is 0 Å². The fourth-order valence-corrected chi connectivity index (χ4v) is 1.74. The van der Waals surface area contributed by atoms with Crippen LogP contribution in [-0.4, -0.2) is 17.0 Å². The van der Waals surface area contributed by atoms with Crippen LogP contribution in [0, 0.1) is 10.8 Å². The van der Waals surface area contributed by atoms with E-state index in [0.717, 1.165) is 25.7 Å². The Morgan fingerprint density at radius 3 is 1.15 bits per heavy atom. The Kier molecular flexibility index (Phi) is 9.30. The van der Waals surface area contributed by atoms with Crippen molar-refractivity contribution in [3.8, 4) is 0 Å². The second kappa shape index (κ2) is 9.36. The van der Waals surface area contributed by atoms with Crippen LogP contribution < -0.4 is 0 Å². The Hall–Kier alpha value is -0.160. The van der Waals surface area contributed by atoms with Crippen LogP contribution in [0.4, 0.5) is 0 Å². The monoisotopic (exact) mass is 374 g/mol. The molecule has 0 aromatic heterocycles. The van der Waals surface area contributed by atoms with E-state index >= 15 is 0 Å². The Morgan fingerprint density at radius 2 is 0.885 bits per heavy atom. The summed E-state index contributed by atoms with van der Waals surface area (Å²) < 4.78 is 0. The standard InChI is InChI=1S/C22H46O4/c1-13-15-17-22(16-14-2,25-23-20(9,10)18(3,4)5)26-24-21(11,12)19(6,7)8/h13-17H2,1-12H3. The zero-order chi connectivity index (χ0) is 20.9. The van der Waals surface area contributed by atoms with Crippen LogP contribution in [0.25, 0.3) is 0 Å². The summed E-state index contributed by atoms with van der Waals surface area (Å²) in [5.74, 6) is -0.893. The Morgan fingerprint density at radius 1 is 0.500 bits per heavy atom. The molecule has 0 bridgehead atoms. The molecule has 0 aliphatic heterocycles. The first-order valence-corrected chi connectivity index (χ1v) is 10.3. The summed E-state index contributed by atoms with van der Waals surface area (Å²) in [6.45, 7) is 25.3. The number of rotatable bonds is 11. The van der Waals surface area contributed by atoms with Gasteiger partial charge in [0, 0.05) is 12.8 Å². The largest absolute Gasteiger partial charge is 0.234 e. The molecule has 0 fully saturated rings. The van der Waals surface area contributed by atoms with Gasteiger partial charge in [-0.1, -0.05) is 68.2 Å². The SMILES string of the molecule is CCCCC(CCC)(OOC(C)(C)C(C)(C)C)OOC(C)(C)C(C)(C)C. The molecule has 26 heavy (non-hydrogen) atoms. The number of hydrogen-bond acceptors (Lipinski definition) is 4. The minimum absolute atomic E-state index is 0.0682. The first-order valence-electron chi connectivity index (χ1n) is 10.3. The van der Waals surface area contributed by atoms with Crippen molar-refractivity contribution in [2.24, 2.45) is 10.8 Å². The van der Waals surface area contributed by atoms with Gasteiger partial charge in [0.1, 0.15) is 11.2 Å². The molecule has 0 atom stereocenters. The molecule has 0 N–H and O–H groups in total. The molecule has 0 spiro atoms. The average molecular weight is 375 g/mol. The topological polar surface area (TPSA) is 36.9 Å². The molecule has 0 aromatic carbocycles. The smallest absolute Gasteiger partial charge is 0.227 e. The normalized spacial score (nSPS) is 14.8. The molecule has 0 saturated carbocycles. The summed E-state index contributed by atoms with van der Waals surface area (Å²) >= 11 is 0. The lowest BCUT2D eigenvalue weighted by atomic mass is 9.79. The molecule has 0 unspecified atom stereocenters. The maximum absolute atomic E-state index is 6.02. The molecule has 0 amide bonds. The lowest BCUT2D eigenvalue weighted by Crippen LogP contribution is -2.47. The number of unbranched alkanes of at least 4 members (excludes halogenated alkanes) is 1. The van der Waals surface area contributed by atoms with Crippen LogP contribution in [0.15, 0.2) is 0 Å². The van der Waals surface area contributed by atoms with E-state index in [1.54, 1.807) is 0 Å². The highest BCUT2D eigenvalue weighted by Crippen LogP contribution is 2.39. The Bertz CT molecular complexity index is 369. The third-order valence-corrected chi connectivity index (χ3v) is 5.96. The van der Waals surface area contributed by atoms with Crippen LogP contribution in [0.3, 0.4) is 0 Å². The fourth-order valence-electron chi connectivity index (χ4n) is 1.74. The molecule has 0 radical (unpaired) electrons. The van der Waals surface area contributed by atoms with Crippen molar-refractivity contribution in [2.75, 3.05) is 0 Å². The first-order chi connectivity index (χ1) is 11.5. The van der Waals surface area contributed by atoms with Crippen LogP contribution in [0.5, 0.6) is 0 Å². The third-order valence-electron chi connectivity index (χ3n) is 5.96. The van der Waals surface area contributed by atoms with Crippen molar-refractivity contribution in [3.63, 3.8) is 0 Å². The van der Waals surface area contributed by atoms with E-state index in [1.807, 2.05) is 27.7 Å². The van der Waals surface area contributed by atoms with Crippen molar-refractivity contribution >= 4 is 0 Å². The van der Waals surface area contributed by atoms with E-state index in [2.05, 4.69) is 55.4 Å². The average Bonchev–Trinajstić information content (AvgIpc) is 2.46. The highest BCUT2D eigenvalue weighted by atomic mass is 17.3. The quantitative estimate of drug-likeness (QED) is 0.217. The predicted octanol–water partition coefficient (Wildman–Crippen LogP) is 7.22. The van der Waals surface area contributed by atoms with Crippen molar-refractivity contribution in [2.45, 2.75) is 132 Å². The van der Waals surface area contributed by atoms with Gasteiger partial charge in [-0.3, -0.25) is 0 Å². The van der Waals surface area contributed by atoms with Gasteiger partial charge >= 0.3 is 0 Å². The van der Waals surface area contributed by atoms with Gasteiger partial charge in [0.2, 0.25) is 5.79 Å². The molecule has 0 heterocycles. The first kappa shape index (κ1) is 25.8. The molecule has 0 aromatic rings. The summed E-state index contributed by atoms with van der Waals surface area (Å²) in [7, 11) is 0. The van der Waals surface area contributed by atoms with Crippen molar-refractivity contribution in [1.29, 1.82) is 0 Å². The summed E-state index contributed by atoms with van der Waals surface area (Å²) in [6.07, 6.45) is 4.41. The molecular weight excluding hydrogens is 328 g/mol. The zero-order valence-electron chi connectivity index (χ0n) is 19.7. The van der Waals surface area contributed by atoms with E-state index in [4.69, 9.17) is 19.6 Å². The maximum atomic E-state index is 6.02. The van der Waals surface area contributed by atoms with Crippen molar-refractivity contribution in [1.82, 2.24) is 0 Å². The van der Waals surface area contributed by atoms with Crippen LogP contribution >= 0.6 is 0 Å². The lowest BCUT2D eigenvalue weighted by molar-refractivity contribution is -0.554. The predicted molar refractivity (Wildman–Crippen MR) is 109 cm³/mol. The van der Waals surface area contributed by atoms with Crippen LogP contribution in [-0.2, 0) is 19.6 Å². The second-order valence-corrected chi connectivity index (χ2v) is 10.6. The highest BCUT2D eigenvalue weighted by Gasteiger charge is 2.43. The van der Waals surface area contributed by atoms with Gasteiger partial charge in [0.15, 0.2) is 0 Å². The van der Waals surface area contributed by atoms with Crippen LogP contribution in [0.2, 0.25) is 0 Å². The van der Waals surface area contributed by atoms with Gasteiger partial charge in [0.25, 0.3) is 0 Å². The molecule has 158 valence electrons. The molecule has 4 heteroatoms. The number of hydrogen-bond donors (Lipinski definition) is 0. The van der Waals surface area contributed by atoms with Gasteiger partial charge in [-0.2, -0.15) is 9.78 Å². The van der Waals surface area contributed by atoms with Gasteiger partial charge in [0.05, 0.1) is 0 Å². The lowest BCUT2D eigenvalue weighted by Gasteiger charge is -2.43. The minimum Gasteiger partial charge on any atom is -0.227 e. The van der Waals surface area contributed by atoms with Gasteiger partial charge in [-0.25, -0.2) is 9.78 Å². The van der Waals surface area contributed by atoms with Gasteiger partial charge < -0.3 is 0 Å². The Labute approximate surface area is 163 Å². The Balaban J connectivity index is 5.41. The van der Waals surface area contributed by atoms with Crippen molar-refractivity contribution in [3.05, 3.63) is 0 Å². The third kappa shape index (κ3) is 7.46. The van der Waals surface area contributed by atoms with Gasteiger partial charge in [-0.05, 0) is 44.9 Å². The molecule has 0 aliphatic rings. The zero-order valence-corrected chi connectivity index (χ0v) is 19.7. The van der Waals surface area contributed by atoms with Gasteiger partial charge in [-0.15, -0.1) is 0 Å². The van der Waals surface area contributed by atoms with Crippen molar-refractivity contribution < 1.29 is 19.6 Å².